The summed E-state index contributed by atoms with van der Waals surface area (Å²) in [6, 6.07) is 4.03. The average Bonchev–Trinajstić information content (AvgIpc) is 2.29. The highest BCUT2D eigenvalue weighted by Crippen LogP contribution is 2.29. The normalized spacial score (nSPS) is 11.2. The molecule has 0 unspecified atom stereocenters. The first-order valence-electron chi connectivity index (χ1n) is 5.25. The summed E-state index contributed by atoms with van der Waals surface area (Å²) in [6.45, 7) is -1.43. The van der Waals surface area contributed by atoms with Crippen molar-refractivity contribution in [1.82, 2.24) is 5.32 Å². The van der Waals surface area contributed by atoms with Crippen molar-refractivity contribution in [2.45, 2.75) is 6.18 Å². The van der Waals surface area contributed by atoms with Gasteiger partial charge in [-0.2, -0.15) is 13.2 Å². The summed E-state index contributed by atoms with van der Waals surface area (Å²) in [6.07, 6.45) is -4.46. The molecule has 0 fully saturated rings. The van der Waals surface area contributed by atoms with E-state index in [2.05, 4.69) is 15.4 Å². The molecule has 0 aromatic heterocycles. The molecule has 1 amide bonds. The molecule has 1 aromatic carbocycles. The molecule has 0 saturated carbocycles. The lowest BCUT2D eigenvalue weighted by Crippen LogP contribution is -2.25. The Balaban J connectivity index is 2.82. The van der Waals surface area contributed by atoms with E-state index >= 15 is 0 Å². The fourth-order valence-corrected chi connectivity index (χ4v) is 1.40. The van der Waals surface area contributed by atoms with Gasteiger partial charge in [-0.15, -0.1) is 0 Å². The number of anilines is 1. The second kappa shape index (κ2) is 6.63. The lowest BCUT2D eigenvalue weighted by atomic mass is 10.3. The minimum Gasteiger partial charge on any atom is -0.482 e. The highest BCUT2D eigenvalue weighted by atomic mass is 35.5. The van der Waals surface area contributed by atoms with Crippen molar-refractivity contribution in [2.75, 3.05) is 25.5 Å². The second-order valence-corrected chi connectivity index (χ2v) is 4.06. The van der Waals surface area contributed by atoms with Crippen LogP contribution in [-0.2, 0) is 4.79 Å². The predicted molar refractivity (Wildman–Crippen MR) is 65.6 cm³/mol. The molecule has 4 nitrogen and oxygen atoms in total. The third kappa shape index (κ3) is 5.80. The van der Waals surface area contributed by atoms with E-state index in [9.17, 15) is 18.0 Å². The number of carbonyl (C=O) groups is 1. The minimum atomic E-state index is -4.46. The molecule has 8 heteroatoms. The van der Waals surface area contributed by atoms with Crippen molar-refractivity contribution in [1.29, 1.82) is 0 Å². The molecule has 2 N–H and O–H groups in total. The summed E-state index contributed by atoms with van der Waals surface area (Å²) < 4.78 is 40.9. The van der Waals surface area contributed by atoms with Crippen molar-refractivity contribution >= 4 is 23.2 Å². The molecule has 0 heterocycles. The quantitative estimate of drug-likeness (QED) is 0.877. The summed E-state index contributed by atoms with van der Waals surface area (Å²) in [5.74, 6) is -0.532. The molecule has 0 radical (unpaired) electrons. The van der Waals surface area contributed by atoms with E-state index in [0.29, 0.717) is 0 Å². The molecule has 0 bridgehead atoms. The van der Waals surface area contributed by atoms with E-state index < -0.39 is 18.7 Å². The standard InChI is InChI=1S/C11H12ClF3N2O2/c1-16-5-10(18)17-8-3-2-7(12)4-9(8)19-6-11(13,14)15/h2-4,16H,5-6H2,1H3,(H,17,18). The van der Waals surface area contributed by atoms with Gasteiger partial charge in [-0.3, -0.25) is 4.79 Å². The van der Waals surface area contributed by atoms with E-state index in [1.165, 1.54) is 18.2 Å². The van der Waals surface area contributed by atoms with Crippen LogP contribution in [-0.4, -0.2) is 32.3 Å². The fraction of sp³-hybridized carbons (Fsp3) is 0.364. The maximum atomic E-state index is 12.1. The van der Waals surface area contributed by atoms with Crippen LogP contribution in [0.1, 0.15) is 0 Å². The van der Waals surface area contributed by atoms with Gasteiger partial charge in [0.1, 0.15) is 5.75 Å². The zero-order chi connectivity index (χ0) is 14.5. The highest BCUT2D eigenvalue weighted by Gasteiger charge is 2.29. The van der Waals surface area contributed by atoms with Gasteiger partial charge in [0.15, 0.2) is 6.61 Å². The summed E-state index contributed by atoms with van der Waals surface area (Å²) in [5, 5.41) is 5.25. The summed E-state index contributed by atoms with van der Waals surface area (Å²) >= 11 is 5.68. The van der Waals surface area contributed by atoms with Crippen molar-refractivity contribution in [3.63, 3.8) is 0 Å². The van der Waals surface area contributed by atoms with E-state index in [1.807, 2.05) is 0 Å². The zero-order valence-electron chi connectivity index (χ0n) is 9.97. The number of hydrogen-bond donors (Lipinski definition) is 2. The summed E-state index contributed by atoms with van der Waals surface area (Å²) in [5.41, 5.74) is 0.133. The number of amides is 1. The predicted octanol–water partition coefficient (Wildman–Crippen LogP) is 2.44. The first-order chi connectivity index (χ1) is 8.81. The molecule has 0 saturated heterocycles. The van der Waals surface area contributed by atoms with Gasteiger partial charge in [0, 0.05) is 11.1 Å². The van der Waals surface area contributed by atoms with Gasteiger partial charge in [0.25, 0.3) is 0 Å². The number of alkyl halides is 3. The van der Waals surface area contributed by atoms with Gasteiger partial charge in [0.2, 0.25) is 5.91 Å². The van der Waals surface area contributed by atoms with Gasteiger partial charge in [-0.05, 0) is 19.2 Å². The van der Waals surface area contributed by atoms with Crippen molar-refractivity contribution in [3.05, 3.63) is 23.2 Å². The van der Waals surface area contributed by atoms with E-state index in [0.717, 1.165) is 0 Å². The fourth-order valence-electron chi connectivity index (χ4n) is 1.23. The largest absolute Gasteiger partial charge is 0.482 e. The Morgan fingerprint density at radius 2 is 2.11 bits per heavy atom. The Hall–Kier alpha value is -1.47. The second-order valence-electron chi connectivity index (χ2n) is 3.62. The van der Waals surface area contributed by atoms with Crippen LogP contribution in [0.4, 0.5) is 18.9 Å². The number of nitrogens with one attached hydrogen (secondary N) is 2. The molecule has 0 aliphatic heterocycles. The van der Waals surface area contributed by atoms with Crippen molar-refractivity contribution in [3.8, 4) is 5.75 Å². The maximum absolute atomic E-state index is 12.1. The maximum Gasteiger partial charge on any atom is 0.422 e. The molecular weight excluding hydrogens is 285 g/mol. The Bertz CT molecular complexity index is 452. The molecule has 0 atom stereocenters. The molecule has 1 aromatic rings. The number of likely N-dealkylation sites (N-methyl/N-ethyl adjacent to an activating group) is 1. The molecule has 106 valence electrons. The van der Waals surface area contributed by atoms with Crippen LogP contribution in [0.5, 0.6) is 5.75 Å². The van der Waals surface area contributed by atoms with Gasteiger partial charge in [0.05, 0.1) is 12.2 Å². The topological polar surface area (TPSA) is 50.4 Å². The number of rotatable bonds is 5. The van der Waals surface area contributed by atoms with Gasteiger partial charge < -0.3 is 15.4 Å². The Labute approximate surface area is 112 Å². The molecule has 0 spiro atoms. The third-order valence-electron chi connectivity index (χ3n) is 1.95. The first kappa shape index (κ1) is 15.6. The van der Waals surface area contributed by atoms with Gasteiger partial charge >= 0.3 is 6.18 Å². The Kier molecular flexibility index (Phi) is 5.44. The summed E-state index contributed by atoms with van der Waals surface area (Å²) in [4.78, 5) is 11.4. The highest BCUT2D eigenvalue weighted by molar-refractivity contribution is 6.30. The SMILES string of the molecule is CNCC(=O)Nc1ccc(Cl)cc1OCC(F)(F)F. The van der Waals surface area contributed by atoms with Crippen molar-refractivity contribution in [2.24, 2.45) is 0 Å². The van der Waals surface area contributed by atoms with Gasteiger partial charge in [-0.25, -0.2) is 0 Å². The molecule has 19 heavy (non-hydrogen) atoms. The zero-order valence-corrected chi connectivity index (χ0v) is 10.7. The molecular formula is C11H12ClF3N2O2. The van der Waals surface area contributed by atoms with E-state index in [4.69, 9.17) is 11.6 Å². The van der Waals surface area contributed by atoms with Crippen LogP contribution >= 0.6 is 11.6 Å². The third-order valence-corrected chi connectivity index (χ3v) is 2.18. The lowest BCUT2D eigenvalue weighted by Gasteiger charge is -2.14. The van der Waals surface area contributed by atoms with E-state index in [1.54, 1.807) is 7.05 Å². The van der Waals surface area contributed by atoms with Crippen LogP contribution in [0.15, 0.2) is 18.2 Å². The number of ether oxygens (including phenoxy) is 1. The lowest BCUT2D eigenvalue weighted by molar-refractivity contribution is -0.153. The Morgan fingerprint density at radius 1 is 1.42 bits per heavy atom. The van der Waals surface area contributed by atoms with Crippen LogP contribution in [0.25, 0.3) is 0 Å². The molecule has 0 aliphatic carbocycles. The number of carbonyl (C=O) groups excluding carboxylic acids is 1. The van der Waals surface area contributed by atoms with E-state index in [-0.39, 0.29) is 23.0 Å². The smallest absolute Gasteiger partial charge is 0.422 e. The first-order valence-corrected chi connectivity index (χ1v) is 5.63. The number of hydrogen-bond acceptors (Lipinski definition) is 3. The van der Waals surface area contributed by atoms with Crippen LogP contribution in [0.2, 0.25) is 5.02 Å². The monoisotopic (exact) mass is 296 g/mol. The minimum absolute atomic E-state index is 0.0291. The average molecular weight is 297 g/mol. The molecule has 1 rings (SSSR count). The van der Waals surface area contributed by atoms with Crippen LogP contribution < -0.4 is 15.4 Å². The molecule has 0 aliphatic rings. The van der Waals surface area contributed by atoms with Crippen molar-refractivity contribution < 1.29 is 22.7 Å². The van der Waals surface area contributed by atoms with Crippen LogP contribution in [0.3, 0.4) is 0 Å². The van der Waals surface area contributed by atoms with Gasteiger partial charge in [-0.1, -0.05) is 11.6 Å². The Morgan fingerprint density at radius 3 is 2.68 bits per heavy atom. The summed E-state index contributed by atoms with van der Waals surface area (Å²) in [7, 11) is 1.57. The van der Waals surface area contributed by atoms with Crippen LogP contribution in [0, 0.1) is 0 Å². The number of halogens is 4. The number of benzene rings is 1.